The van der Waals surface area contributed by atoms with Crippen LogP contribution in [0.5, 0.6) is 0 Å². The molecule has 4 nitrogen and oxygen atoms in total. The van der Waals surface area contributed by atoms with Crippen molar-refractivity contribution in [2.24, 2.45) is 0 Å². The van der Waals surface area contributed by atoms with Crippen molar-refractivity contribution in [1.29, 1.82) is 0 Å². The third kappa shape index (κ3) is 3.04. The number of benzene rings is 1. The summed E-state index contributed by atoms with van der Waals surface area (Å²) in [6.45, 7) is 1.61. The van der Waals surface area contributed by atoms with Gasteiger partial charge >= 0.3 is 6.18 Å². The summed E-state index contributed by atoms with van der Waals surface area (Å²) in [5, 5.41) is 2.48. The van der Waals surface area contributed by atoms with Crippen LogP contribution in [0.15, 0.2) is 18.2 Å². The number of carbonyl (C=O) groups is 1. The lowest BCUT2D eigenvalue weighted by Crippen LogP contribution is -2.40. The first kappa shape index (κ1) is 14.6. The summed E-state index contributed by atoms with van der Waals surface area (Å²) in [5.74, 6) is -0.401. The van der Waals surface area contributed by atoms with E-state index in [2.05, 4.69) is 5.32 Å². The Bertz CT molecular complexity index is 497. The van der Waals surface area contributed by atoms with Crippen molar-refractivity contribution in [2.75, 3.05) is 38.7 Å². The van der Waals surface area contributed by atoms with Gasteiger partial charge in [0.25, 0.3) is 5.91 Å². The molecule has 110 valence electrons. The van der Waals surface area contributed by atoms with Gasteiger partial charge in [0.05, 0.1) is 18.8 Å². The molecule has 1 amide bonds. The van der Waals surface area contributed by atoms with E-state index in [9.17, 15) is 18.0 Å². The van der Waals surface area contributed by atoms with Crippen molar-refractivity contribution in [2.45, 2.75) is 6.18 Å². The van der Waals surface area contributed by atoms with E-state index in [0.29, 0.717) is 26.3 Å². The highest BCUT2D eigenvalue weighted by Gasteiger charge is 2.34. The first-order valence-electron chi connectivity index (χ1n) is 6.19. The molecule has 0 unspecified atom stereocenters. The van der Waals surface area contributed by atoms with Gasteiger partial charge in [0.15, 0.2) is 0 Å². The van der Waals surface area contributed by atoms with Gasteiger partial charge in [0, 0.05) is 31.4 Å². The Morgan fingerprint density at radius 3 is 2.50 bits per heavy atom. The summed E-state index contributed by atoms with van der Waals surface area (Å²) in [7, 11) is 1.41. The Morgan fingerprint density at radius 1 is 1.30 bits per heavy atom. The Hall–Kier alpha value is -1.76. The maximum atomic E-state index is 12.9. The number of hydrogen-bond donors (Lipinski definition) is 1. The lowest BCUT2D eigenvalue weighted by atomic mass is 10.1. The molecule has 0 aliphatic carbocycles. The summed E-state index contributed by atoms with van der Waals surface area (Å²) in [6.07, 6.45) is -4.50. The fourth-order valence-corrected chi connectivity index (χ4v) is 2.08. The average molecular weight is 288 g/mol. The first-order valence-corrected chi connectivity index (χ1v) is 6.19. The SMILES string of the molecule is CNc1ccc(C(=O)N2CCOCC2)cc1C(F)(F)F. The first-order chi connectivity index (χ1) is 9.43. The van der Waals surface area contributed by atoms with Crippen molar-refractivity contribution < 1.29 is 22.7 Å². The molecule has 20 heavy (non-hydrogen) atoms. The number of nitrogens with zero attached hydrogens (tertiary/aromatic N) is 1. The van der Waals surface area contributed by atoms with Crippen molar-refractivity contribution >= 4 is 11.6 Å². The Balaban J connectivity index is 2.30. The Kier molecular flexibility index (Phi) is 4.17. The maximum Gasteiger partial charge on any atom is 0.418 e. The van der Waals surface area contributed by atoms with Crippen LogP contribution in [-0.4, -0.2) is 44.2 Å². The number of anilines is 1. The van der Waals surface area contributed by atoms with Gasteiger partial charge in [-0.2, -0.15) is 13.2 Å². The molecule has 1 heterocycles. The fraction of sp³-hybridized carbons (Fsp3) is 0.462. The average Bonchev–Trinajstić information content (AvgIpc) is 2.46. The van der Waals surface area contributed by atoms with Gasteiger partial charge in [-0.05, 0) is 18.2 Å². The van der Waals surface area contributed by atoms with Crippen molar-refractivity contribution in [3.8, 4) is 0 Å². The van der Waals surface area contributed by atoms with Crippen LogP contribution in [0, 0.1) is 0 Å². The van der Waals surface area contributed by atoms with E-state index < -0.39 is 17.6 Å². The second-order valence-electron chi connectivity index (χ2n) is 4.41. The molecule has 1 aromatic rings. The second kappa shape index (κ2) is 5.70. The molecule has 1 N–H and O–H groups in total. The van der Waals surface area contributed by atoms with E-state index in [1.165, 1.54) is 24.1 Å². The highest BCUT2D eigenvalue weighted by molar-refractivity contribution is 5.95. The van der Waals surface area contributed by atoms with Gasteiger partial charge in [-0.1, -0.05) is 0 Å². The maximum absolute atomic E-state index is 12.9. The largest absolute Gasteiger partial charge is 0.418 e. The summed E-state index contributed by atoms with van der Waals surface area (Å²) in [6, 6.07) is 3.57. The topological polar surface area (TPSA) is 41.6 Å². The lowest BCUT2D eigenvalue weighted by Gasteiger charge is -2.27. The summed E-state index contributed by atoms with van der Waals surface area (Å²) < 4.78 is 43.9. The number of halogens is 3. The number of hydrogen-bond acceptors (Lipinski definition) is 3. The highest BCUT2D eigenvalue weighted by atomic mass is 19.4. The molecule has 7 heteroatoms. The molecular formula is C13H15F3N2O2. The van der Waals surface area contributed by atoms with Crippen LogP contribution in [0.3, 0.4) is 0 Å². The second-order valence-corrected chi connectivity index (χ2v) is 4.41. The molecule has 1 saturated heterocycles. The molecular weight excluding hydrogens is 273 g/mol. The molecule has 1 aromatic carbocycles. The van der Waals surface area contributed by atoms with Gasteiger partial charge in [-0.25, -0.2) is 0 Å². The lowest BCUT2D eigenvalue weighted by molar-refractivity contribution is -0.137. The van der Waals surface area contributed by atoms with Crippen LogP contribution in [-0.2, 0) is 10.9 Å². The van der Waals surface area contributed by atoms with Crippen LogP contribution in [0.25, 0.3) is 0 Å². The minimum atomic E-state index is -4.50. The predicted molar refractivity (Wildman–Crippen MR) is 67.7 cm³/mol. The molecule has 0 spiro atoms. The van der Waals surface area contributed by atoms with E-state index in [-0.39, 0.29) is 11.3 Å². The zero-order valence-electron chi connectivity index (χ0n) is 11.0. The van der Waals surface area contributed by atoms with Crippen LogP contribution >= 0.6 is 0 Å². The van der Waals surface area contributed by atoms with Crippen LogP contribution < -0.4 is 5.32 Å². The molecule has 0 bridgehead atoms. The minimum Gasteiger partial charge on any atom is -0.388 e. The molecule has 0 aromatic heterocycles. The molecule has 0 atom stereocenters. The van der Waals surface area contributed by atoms with Crippen LogP contribution in [0.4, 0.5) is 18.9 Å². The molecule has 1 fully saturated rings. The number of rotatable bonds is 2. The Morgan fingerprint density at radius 2 is 1.95 bits per heavy atom. The summed E-state index contributed by atoms with van der Waals surface area (Å²) >= 11 is 0. The Labute approximate surface area is 114 Å². The smallest absolute Gasteiger partial charge is 0.388 e. The third-order valence-corrected chi connectivity index (χ3v) is 3.14. The third-order valence-electron chi connectivity index (χ3n) is 3.14. The number of carbonyl (C=O) groups excluding carboxylic acids is 1. The number of ether oxygens (including phenoxy) is 1. The van der Waals surface area contributed by atoms with Crippen molar-refractivity contribution in [3.63, 3.8) is 0 Å². The van der Waals surface area contributed by atoms with Gasteiger partial charge < -0.3 is 15.0 Å². The zero-order valence-corrected chi connectivity index (χ0v) is 11.0. The monoisotopic (exact) mass is 288 g/mol. The van der Waals surface area contributed by atoms with Gasteiger partial charge in [0.2, 0.25) is 0 Å². The van der Waals surface area contributed by atoms with E-state index >= 15 is 0 Å². The summed E-state index contributed by atoms with van der Waals surface area (Å²) in [4.78, 5) is 13.7. The van der Waals surface area contributed by atoms with Crippen molar-refractivity contribution in [1.82, 2.24) is 4.90 Å². The molecule has 2 rings (SSSR count). The molecule has 1 aliphatic rings. The standard InChI is InChI=1S/C13H15F3N2O2/c1-17-11-3-2-9(8-10(11)13(14,15)16)12(19)18-4-6-20-7-5-18/h2-3,8,17H,4-7H2,1H3. The van der Waals surface area contributed by atoms with Gasteiger partial charge in [-0.15, -0.1) is 0 Å². The van der Waals surface area contributed by atoms with E-state index in [1.807, 2.05) is 0 Å². The fourth-order valence-electron chi connectivity index (χ4n) is 2.08. The number of alkyl halides is 3. The van der Waals surface area contributed by atoms with Crippen LogP contribution in [0.2, 0.25) is 0 Å². The molecule has 0 saturated carbocycles. The number of nitrogens with one attached hydrogen (secondary N) is 1. The number of amides is 1. The molecule has 1 aliphatic heterocycles. The highest BCUT2D eigenvalue weighted by Crippen LogP contribution is 2.35. The molecule has 0 radical (unpaired) electrons. The minimum absolute atomic E-state index is 0.0400. The zero-order chi connectivity index (χ0) is 14.8. The quantitative estimate of drug-likeness (QED) is 0.907. The number of morpholine rings is 1. The normalized spacial score (nSPS) is 16.1. The predicted octanol–water partition coefficient (Wildman–Crippen LogP) is 2.22. The van der Waals surface area contributed by atoms with E-state index in [1.54, 1.807) is 0 Å². The van der Waals surface area contributed by atoms with E-state index in [0.717, 1.165) is 6.07 Å². The van der Waals surface area contributed by atoms with Crippen molar-refractivity contribution in [3.05, 3.63) is 29.3 Å². The van der Waals surface area contributed by atoms with Gasteiger partial charge in [-0.3, -0.25) is 4.79 Å². The van der Waals surface area contributed by atoms with Gasteiger partial charge in [0.1, 0.15) is 0 Å². The van der Waals surface area contributed by atoms with E-state index in [4.69, 9.17) is 4.74 Å². The van der Waals surface area contributed by atoms with Crippen LogP contribution in [0.1, 0.15) is 15.9 Å². The summed E-state index contributed by atoms with van der Waals surface area (Å²) in [5.41, 5.74) is -0.839.